The van der Waals surface area contributed by atoms with Crippen LogP contribution in [-0.4, -0.2) is 17.9 Å². The number of hydrogen-bond donors (Lipinski definition) is 0. The zero-order valence-electron chi connectivity index (χ0n) is 73.3. The minimum atomic E-state index is -0.857. The molecule has 0 radical (unpaired) electrons. The first-order valence-corrected chi connectivity index (χ1v) is 44.7. The highest BCUT2D eigenvalue weighted by Crippen LogP contribution is 2.49. The van der Waals surface area contributed by atoms with Crippen LogP contribution in [0.25, 0.3) is 98.0 Å². The molecule has 0 saturated heterocycles. The molecule has 21 aromatic carbocycles. The van der Waals surface area contributed by atoms with E-state index in [1.165, 1.54) is 16.2 Å². The molecule has 0 heterocycles. The van der Waals surface area contributed by atoms with Crippen molar-refractivity contribution in [3.63, 3.8) is 0 Å². The topological polar surface area (TPSA) is 88.6 Å². The first kappa shape index (κ1) is 82.0. The standard InChI is InChI=1S/C123H89N3O6/c1-5-123(102-60-72-117(81(2)75-102)130-120(127)96-45-39-87(40-46-96)90-51-63-105(64-52-90)124(108-69-57-84-21-6-9-27-99(84)78-108)114-36-18-30-93-24-12-15-33-111(93)114,103-61-73-118(82(3)76-103)131-121(128)97-47-41-88(42-48-97)91-53-65-106(66-54-91)125(109-70-58-85-22-7-10-28-100(85)79-109)115-37-19-31-94-25-13-16-34-112(94)115)104-62-74-119(83(4)77-104)132-122(129)98-49-43-89(44-50-98)92-55-67-107(68-56-92)126(110-71-59-86-23-8-11-29-101(86)80-110)116-38-20-32-95-26-14-17-35-113(95)116/h6-80H,5H2,1-4H3. The third-order valence-electron chi connectivity index (χ3n) is 25.9. The average molecular weight is 1710 g/mol. The van der Waals surface area contributed by atoms with Gasteiger partial charge in [-0.3, -0.25) is 0 Å². The number of hydrogen-bond acceptors (Lipinski definition) is 9. The van der Waals surface area contributed by atoms with E-state index in [0.717, 1.165) is 166 Å². The van der Waals surface area contributed by atoms with Gasteiger partial charge in [-0.15, -0.1) is 0 Å². The Balaban J connectivity index is 0.546. The molecule has 132 heavy (non-hydrogen) atoms. The highest BCUT2D eigenvalue weighted by Gasteiger charge is 2.37. The molecule has 21 rings (SSSR count). The molecule has 0 fully saturated rings. The smallest absolute Gasteiger partial charge is 0.343 e. The quantitative estimate of drug-likeness (QED) is 0.0374. The van der Waals surface area contributed by atoms with E-state index in [4.69, 9.17) is 14.2 Å². The molecule has 632 valence electrons. The maximum atomic E-state index is 14.4. The van der Waals surface area contributed by atoms with Crippen LogP contribution in [-0.2, 0) is 5.41 Å². The summed E-state index contributed by atoms with van der Waals surface area (Å²) in [5.74, 6) is -0.224. The van der Waals surface area contributed by atoms with Crippen molar-refractivity contribution in [2.75, 3.05) is 14.7 Å². The second kappa shape index (κ2) is 35.3. The van der Waals surface area contributed by atoms with Crippen LogP contribution in [0.4, 0.5) is 51.2 Å². The van der Waals surface area contributed by atoms with E-state index < -0.39 is 23.3 Å². The average Bonchev–Trinajstić information content (AvgIpc) is 0.741. The molecule has 0 N–H and O–H groups in total. The fraction of sp³-hybridized carbons (Fsp3) is 0.0488. The molecule has 0 aliphatic rings. The van der Waals surface area contributed by atoms with Crippen LogP contribution in [0.3, 0.4) is 0 Å². The number of esters is 3. The largest absolute Gasteiger partial charge is 0.423 e. The second-order valence-electron chi connectivity index (χ2n) is 33.8. The minimum absolute atomic E-state index is 0.405. The third kappa shape index (κ3) is 16.0. The lowest BCUT2D eigenvalue weighted by molar-refractivity contribution is 0.0724. The zero-order chi connectivity index (χ0) is 89.3. The van der Waals surface area contributed by atoms with Crippen LogP contribution < -0.4 is 28.9 Å². The van der Waals surface area contributed by atoms with Gasteiger partial charge in [0.25, 0.3) is 0 Å². The molecule has 0 aliphatic carbocycles. The maximum Gasteiger partial charge on any atom is 0.343 e. The van der Waals surface area contributed by atoms with Crippen molar-refractivity contribution in [1.82, 2.24) is 0 Å². The van der Waals surface area contributed by atoms with Gasteiger partial charge in [-0.05, 0) is 288 Å². The molecule has 9 nitrogen and oxygen atoms in total. The van der Waals surface area contributed by atoms with E-state index in [0.29, 0.717) is 40.4 Å². The Morgan fingerprint density at radius 2 is 0.447 bits per heavy atom. The molecular formula is C123H89N3O6. The fourth-order valence-electron chi connectivity index (χ4n) is 18.9. The molecule has 0 aliphatic heterocycles. The lowest BCUT2D eigenvalue weighted by atomic mass is 9.67. The van der Waals surface area contributed by atoms with Gasteiger partial charge >= 0.3 is 17.9 Å². The van der Waals surface area contributed by atoms with Crippen molar-refractivity contribution in [3.05, 3.63) is 505 Å². The van der Waals surface area contributed by atoms with Gasteiger partial charge in [0.15, 0.2) is 0 Å². The monoisotopic (exact) mass is 1700 g/mol. The lowest BCUT2D eigenvalue weighted by Crippen LogP contribution is -2.29. The Labute approximate surface area is 767 Å². The molecule has 0 amide bonds. The number of benzene rings is 21. The van der Waals surface area contributed by atoms with Crippen LogP contribution in [0, 0.1) is 20.8 Å². The van der Waals surface area contributed by atoms with Gasteiger partial charge in [0.05, 0.1) is 33.8 Å². The SMILES string of the molecule is CCC(c1ccc(OC(=O)c2ccc(-c3ccc(N(c4ccc5ccccc5c4)c4cccc5ccccc45)cc3)cc2)c(C)c1)(c1ccc(OC(=O)c2ccc(-c3ccc(N(c4ccc5ccccc5c4)c4cccc5ccccc45)cc3)cc2)c(C)c1)c1ccc(OC(=O)c2ccc(-c3ccc(N(c4ccc5ccccc5c4)c4cccc5ccccc45)cc3)cc2)c(C)c1. The lowest BCUT2D eigenvalue weighted by Gasteiger charge is -2.36. The summed E-state index contributed by atoms with van der Waals surface area (Å²) < 4.78 is 19.0. The summed E-state index contributed by atoms with van der Waals surface area (Å²) in [7, 11) is 0. The van der Waals surface area contributed by atoms with Crippen molar-refractivity contribution < 1.29 is 28.6 Å². The first-order chi connectivity index (χ1) is 64.8. The number of nitrogens with zero attached hydrogens (tertiary/aromatic N) is 3. The number of rotatable bonds is 22. The van der Waals surface area contributed by atoms with E-state index in [1.807, 2.05) is 130 Å². The van der Waals surface area contributed by atoms with Gasteiger partial charge in [0, 0.05) is 55.7 Å². The van der Waals surface area contributed by atoms with Gasteiger partial charge in [-0.25, -0.2) is 14.4 Å². The number of fused-ring (bicyclic) bond motifs is 6. The molecular weight excluding hydrogens is 1620 g/mol. The van der Waals surface area contributed by atoms with Gasteiger partial charge < -0.3 is 28.9 Å². The summed E-state index contributed by atoms with van der Waals surface area (Å²) >= 11 is 0. The predicted molar refractivity (Wildman–Crippen MR) is 543 cm³/mol. The summed E-state index contributed by atoms with van der Waals surface area (Å²) in [6.07, 6.45) is 0.564. The molecule has 0 saturated carbocycles. The fourth-order valence-corrected chi connectivity index (χ4v) is 18.9. The molecule has 0 aromatic heterocycles. The van der Waals surface area contributed by atoms with Crippen LogP contribution in [0.2, 0.25) is 0 Å². The van der Waals surface area contributed by atoms with Crippen LogP contribution in [0.1, 0.15) is 77.8 Å². The van der Waals surface area contributed by atoms with Crippen molar-refractivity contribution in [2.45, 2.75) is 39.5 Å². The Hall–Kier alpha value is -17.0. The Kier molecular flexibility index (Phi) is 21.9. The normalized spacial score (nSPS) is 11.5. The van der Waals surface area contributed by atoms with E-state index >= 15 is 0 Å². The molecule has 0 spiro atoms. The summed E-state index contributed by atoms with van der Waals surface area (Å²) in [6, 6.07) is 156. The summed E-state index contributed by atoms with van der Waals surface area (Å²) in [5.41, 5.74) is 20.6. The number of carbonyl (C=O) groups excluding carboxylic acids is 3. The number of anilines is 9. The second-order valence-corrected chi connectivity index (χ2v) is 33.8. The highest BCUT2D eigenvalue weighted by molar-refractivity contribution is 6.05. The number of aryl methyl sites for hydroxylation is 3. The maximum absolute atomic E-state index is 14.4. The molecule has 21 aromatic rings. The highest BCUT2D eigenvalue weighted by atomic mass is 16.5. The van der Waals surface area contributed by atoms with E-state index in [-0.39, 0.29) is 0 Å². The van der Waals surface area contributed by atoms with E-state index in [2.05, 4.69) is 367 Å². The Morgan fingerprint density at radius 3 is 0.705 bits per heavy atom. The Bertz CT molecular complexity index is 7240. The van der Waals surface area contributed by atoms with E-state index in [1.54, 1.807) is 0 Å². The summed E-state index contributed by atoms with van der Waals surface area (Å²) in [5, 5.41) is 13.9. The third-order valence-corrected chi connectivity index (χ3v) is 25.9. The van der Waals surface area contributed by atoms with Gasteiger partial charge in [0.2, 0.25) is 0 Å². The van der Waals surface area contributed by atoms with Crippen LogP contribution in [0.15, 0.2) is 455 Å². The van der Waals surface area contributed by atoms with Crippen molar-refractivity contribution in [2.24, 2.45) is 0 Å². The van der Waals surface area contributed by atoms with Gasteiger partial charge in [0.1, 0.15) is 17.2 Å². The molecule has 0 unspecified atom stereocenters. The van der Waals surface area contributed by atoms with Crippen molar-refractivity contribution in [1.29, 1.82) is 0 Å². The predicted octanol–water partition coefficient (Wildman–Crippen LogP) is 32.3. The van der Waals surface area contributed by atoms with Gasteiger partial charge in [-0.1, -0.05) is 316 Å². The van der Waals surface area contributed by atoms with Gasteiger partial charge in [-0.2, -0.15) is 0 Å². The summed E-state index contributed by atoms with van der Waals surface area (Å²) in [6.45, 7) is 8.02. The van der Waals surface area contributed by atoms with E-state index in [9.17, 15) is 14.4 Å². The van der Waals surface area contributed by atoms with Crippen LogP contribution >= 0.6 is 0 Å². The molecule has 9 heteroatoms. The summed E-state index contributed by atoms with van der Waals surface area (Å²) in [4.78, 5) is 50.1. The molecule has 0 atom stereocenters. The molecule has 0 bridgehead atoms. The number of carbonyl (C=O) groups is 3. The number of ether oxygens (including phenoxy) is 3. The first-order valence-electron chi connectivity index (χ1n) is 44.7. The minimum Gasteiger partial charge on any atom is -0.423 e. The van der Waals surface area contributed by atoms with Crippen LogP contribution in [0.5, 0.6) is 17.2 Å². The van der Waals surface area contributed by atoms with Crippen molar-refractivity contribution in [3.8, 4) is 50.6 Å². The van der Waals surface area contributed by atoms with Crippen molar-refractivity contribution >= 4 is 134 Å². The zero-order valence-corrected chi connectivity index (χ0v) is 73.3. The Morgan fingerprint density at radius 1 is 0.220 bits per heavy atom.